The van der Waals surface area contributed by atoms with Gasteiger partial charge in [-0.05, 0) is 116 Å². The summed E-state index contributed by atoms with van der Waals surface area (Å²) in [4.78, 5) is 22.7. The molecule has 4 saturated carbocycles. The van der Waals surface area contributed by atoms with Gasteiger partial charge < -0.3 is 24.6 Å². The number of phosphoric ester groups is 1. The summed E-state index contributed by atoms with van der Waals surface area (Å²) in [5.41, 5.74) is 0.602. The Morgan fingerprint density at radius 1 is 0.977 bits per heavy atom. The maximum Gasteiger partial charge on any atom is 0.528 e. The van der Waals surface area contributed by atoms with Crippen molar-refractivity contribution in [1.29, 1.82) is 0 Å². The average molecular weight is 641 g/mol. The van der Waals surface area contributed by atoms with Crippen molar-refractivity contribution in [1.82, 2.24) is 0 Å². The molecule has 1 aliphatic heterocycles. The van der Waals surface area contributed by atoms with Gasteiger partial charge in [-0.1, -0.05) is 54.4 Å². The van der Waals surface area contributed by atoms with E-state index in [-0.39, 0.29) is 5.41 Å². The summed E-state index contributed by atoms with van der Waals surface area (Å²) in [5, 5.41) is 29.1. The molecule has 0 amide bonds. The molecule has 5 rings (SSSR count). The number of cyclic esters (lactones) is 1. The van der Waals surface area contributed by atoms with Gasteiger partial charge in [0, 0.05) is 0 Å². The molecule has 0 spiro atoms. The van der Waals surface area contributed by atoms with Crippen LogP contribution in [0.1, 0.15) is 112 Å². The summed E-state index contributed by atoms with van der Waals surface area (Å²) >= 11 is 0. The van der Waals surface area contributed by atoms with E-state index in [4.69, 9.17) is 18.9 Å². The van der Waals surface area contributed by atoms with Crippen molar-refractivity contribution in [2.24, 2.45) is 58.2 Å². The third-order valence-electron chi connectivity index (χ3n) is 13.5. The predicted octanol–water partition coefficient (Wildman–Crippen LogP) is 6.90. The molecule has 4 N–H and O–H groups in total. The molecule has 0 aromatic heterocycles. The van der Waals surface area contributed by atoms with E-state index in [1.54, 1.807) is 0 Å². The lowest BCUT2D eigenvalue weighted by atomic mass is 9.44. The van der Waals surface area contributed by atoms with Crippen LogP contribution in [-0.2, 0) is 23.1 Å². The van der Waals surface area contributed by atoms with Gasteiger partial charge in [0.15, 0.2) is 11.9 Å². The number of carbonyl (C=O) groups excluding carboxylic acids is 1. The number of carbonyl (C=O) groups is 1. The average Bonchev–Trinajstić information content (AvgIpc) is 3.46. The Kier molecular flexibility index (Phi) is 9.97. The first-order valence-corrected chi connectivity index (χ1v) is 18.7. The first-order valence-electron chi connectivity index (χ1n) is 17.2. The molecule has 4 fully saturated rings. The molecule has 13 atom stereocenters. The van der Waals surface area contributed by atoms with Crippen molar-refractivity contribution in [2.75, 3.05) is 6.61 Å². The summed E-state index contributed by atoms with van der Waals surface area (Å²) in [7, 11) is -4.77. The van der Waals surface area contributed by atoms with Crippen LogP contribution in [0.3, 0.4) is 0 Å². The van der Waals surface area contributed by atoms with Crippen LogP contribution >= 0.6 is 7.82 Å². The quantitative estimate of drug-likeness (QED) is 0.140. The number of ether oxygens (including phenoxy) is 1. The second-order valence-corrected chi connectivity index (χ2v) is 17.3. The Bertz CT molecular complexity index is 1140. The van der Waals surface area contributed by atoms with Crippen LogP contribution in [0.2, 0.25) is 0 Å². The minimum absolute atomic E-state index is 0.171. The molecule has 252 valence electrons. The molecule has 0 bridgehead atoms. The molecule has 1 heterocycles. The molecule has 0 radical (unpaired) electrons. The monoisotopic (exact) mass is 640 g/mol. The lowest BCUT2D eigenvalue weighted by molar-refractivity contribution is -0.147. The fourth-order valence-electron chi connectivity index (χ4n) is 10.6. The van der Waals surface area contributed by atoms with Gasteiger partial charge in [0.05, 0.1) is 12.7 Å². The highest BCUT2D eigenvalue weighted by molar-refractivity contribution is 7.47. The fraction of sp³-hybridized carbons (Fsp3) is 0.912. The topological polar surface area (TPSA) is 143 Å². The van der Waals surface area contributed by atoms with E-state index in [1.807, 2.05) is 0 Å². The summed E-state index contributed by atoms with van der Waals surface area (Å²) in [6, 6.07) is 0. The lowest BCUT2D eigenvalue weighted by Gasteiger charge is -2.61. The lowest BCUT2D eigenvalue weighted by Crippen LogP contribution is -2.54. The zero-order chi connectivity index (χ0) is 32.2. The number of fused-ring (bicyclic) bond motifs is 5. The van der Waals surface area contributed by atoms with Crippen LogP contribution in [0.5, 0.6) is 0 Å². The molecule has 0 aromatic carbocycles. The van der Waals surface area contributed by atoms with Crippen molar-refractivity contribution in [3.63, 3.8) is 0 Å². The minimum Gasteiger partial charge on any atom is -0.505 e. The summed E-state index contributed by atoms with van der Waals surface area (Å²) < 4.78 is 28.3. The number of esters is 1. The van der Waals surface area contributed by atoms with Gasteiger partial charge in [-0.15, -0.1) is 0 Å². The summed E-state index contributed by atoms with van der Waals surface area (Å²) in [6.07, 6.45) is 8.80. The van der Waals surface area contributed by atoms with Crippen LogP contribution in [-0.4, -0.2) is 51.1 Å². The van der Waals surface area contributed by atoms with E-state index >= 15 is 0 Å². The smallest absolute Gasteiger partial charge is 0.505 e. The maximum atomic E-state index is 13.0. The van der Waals surface area contributed by atoms with Gasteiger partial charge >= 0.3 is 13.8 Å². The number of hydrogen-bond donors (Lipinski definition) is 4. The summed E-state index contributed by atoms with van der Waals surface area (Å²) in [5.74, 6) is 2.81. The normalized spacial score (nSPS) is 42.1. The zero-order valence-corrected chi connectivity index (χ0v) is 28.5. The van der Waals surface area contributed by atoms with Gasteiger partial charge in [0.2, 0.25) is 0 Å². The molecule has 0 saturated heterocycles. The molecule has 0 aromatic rings. The molecule has 5 aliphatic rings. The van der Waals surface area contributed by atoms with E-state index in [9.17, 15) is 24.5 Å². The van der Waals surface area contributed by atoms with E-state index in [2.05, 4.69) is 41.5 Å². The van der Waals surface area contributed by atoms with Gasteiger partial charge in [0.1, 0.15) is 6.10 Å². The highest BCUT2D eigenvalue weighted by Crippen LogP contribution is 2.69. The number of aliphatic hydroxyl groups is 3. The van der Waals surface area contributed by atoms with Crippen molar-refractivity contribution >= 4 is 13.8 Å². The number of phosphoric acid groups is 1. The van der Waals surface area contributed by atoms with E-state index in [1.165, 1.54) is 44.9 Å². The van der Waals surface area contributed by atoms with Crippen molar-refractivity contribution in [3.05, 3.63) is 11.5 Å². The summed E-state index contributed by atoms with van der Waals surface area (Å²) in [6.45, 7) is 13.9. The molecule has 10 heteroatoms. The van der Waals surface area contributed by atoms with Crippen molar-refractivity contribution in [3.8, 4) is 0 Å². The minimum atomic E-state index is -4.77. The Balaban J connectivity index is 1.20. The number of aliphatic hydroxyl groups excluding tert-OH is 3. The van der Waals surface area contributed by atoms with Crippen molar-refractivity contribution < 1.29 is 43.4 Å². The fourth-order valence-corrected chi connectivity index (χ4v) is 11.6. The first-order chi connectivity index (χ1) is 20.6. The second-order valence-electron chi connectivity index (χ2n) is 16.0. The number of rotatable bonds is 11. The Labute approximate surface area is 263 Å². The van der Waals surface area contributed by atoms with Crippen molar-refractivity contribution in [2.45, 2.75) is 130 Å². The van der Waals surface area contributed by atoms with E-state index in [0.29, 0.717) is 30.1 Å². The van der Waals surface area contributed by atoms with Gasteiger partial charge in [-0.2, -0.15) is 0 Å². The Hall–Kier alpha value is -1.12. The Morgan fingerprint density at radius 3 is 2.34 bits per heavy atom. The predicted molar refractivity (Wildman–Crippen MR) is 166 cm³/mol. The SMILES string of the molecule is CC(C)[C@H](C)CC[C@@H](C)[C@H]1CC[C@H]2[C@@H]3CC[C@H]4C[C@@H](OP(=O)(O)OC5=C(O)[C@@H]([C@@H](O)CO)OC5=O)CC[C@]4(C)[C@H]3CC[C@]12C. The first kappa shape index (κ1) is 34.2. The van der Waals surface area contributed by atoms with Crippen LogP contribution < -0.4 is 0 Å². The van der Waals surface area contributed by atoms with Crippen LogP contribution in [0.4, 0.5) is 0 Å². The van der Waals surface area contributed by atoms with E-state index in [0.717, 1.165) is 48.3 Å². The third-order valence-corrected chi connectivity index (χ3v) is 14.5. The van der Waals surface area contributed by atoms with Crippen LogP contribution in [0.15, 0.2) is 11.5 Å². The molecular weight excluding hydrogens is 583 g/mol. The molecule has 1 unspecified atom stereocenters. The van der Waals surface area contributed by atoms with E-state index < -0.39 is 50.2 Å². The highest BCUT2D eigenvalue weighted by Gasteiger charge is 2.61. The molecule has 9 nitrogen and oxygen atoms in total. The molecule has 4 aliphatic carbocycles. The second kappa shape index (κ2) is 12.8. The standard InChI is InChI=1S/C34H57O9P/c1-19(2)20(3)7-8-21(4)25-11-12-26-24-10-9-22-17-23(13-15-33(22,5)27(24)14-16-34(25,26)6)42-44(39,40)43-31-29(37)30(28(36)18-35)41-32(31)38/h19-28,30,35-37H,7-18H2,1-6H3,(H,39,40)/t20-,21-,22+,23+,24+,25-,26+,27+,28+,30-,33+,34-/m1/s1. The Morgan fingerprint density at radius 2 is 1.66 bits per heavy atom. The van der Waals surface area contributed by atoms with Crippen LogP contribution in [0, 0.1) is 58.2 Å². The maximum absolute atomic E-state index is 13.0. The zero-order valence-electron chi connectivity index (χ0n) is 27.6. The number of hydrogen-bond acceptors (Lipinski definition) is 8. The largest absolute Gasteiger partial charge is 0.528 e. The van der Waals surface area contributed by atoms with Gasteiger partial charge in [0.25, 0.3) is 5.76 Å². The van der Waals surface area contributed by atoms with Gasteiger partial charge in [-0.3, -0.25) is 9.42 Å². The highest BCUT2D eigenvalue weighted by atomic mass is 31.2. The third kappa shape index (κ3) is 6.26. The molecule has 44 heavy (non-hydrogen) atoms. The van der Waals surface area contributed by atoms with Gasteiger partial charge in [-0.25, -0.2) is 9.36 Å². The van der Waals surface area contributed by atoms with Crippen LogP contribution in [0.25, 0.3) is 0 Å². The molecular formula is C34H57O9P.